The van der Waals surface area contributed by atoms with Gasteiger partial charge in [-0.05, 0) is 43.5 Å². The molecule has 1 aliphatic rings. The van der Waals surface area contributed by atoms with Crippen LogP contribution in [0.3, 0.4) is 0 Å². The Morgan fingerprint density at radius 3 is 2.61 bits per heavy atom. The van der Waals surface area contributed by atoms with Gasteiger partial charge in [-0.15, -0.1) is 0 Å². The third-order valence-electron chi connectivity index (χ3n) is 5.12. The van der Waals surface area contributed by atoms with Gasteiger partial charge in [0.15, 0.2) is 17.5 Å². The Hall–Kier alpha value is -3.09. The molecule has 1 fully saturated rings. The third kappa shape index (κ3) is 6.70. The number of para-hydroxylation sites is 1. The Kier molecular flexibility index (Phi) is 8.27. The number of ether oxygens (including phenoxy) is 1. The molecule has 166 valence electrons. The summed E-state index contributed by atoms with van der Waals surface area (Å²) >= 11 is 0. The Balaban J connectivity index is 1.59. The van der Waals surface area contributed by atoms with Crippen molar-refractivity contribution in [3.8, 4) is 5.75 Å². The molecule has 1 unspecified atom stereocenters. The second-order valence-corrected chi connectivity index (χ2v) is 7.62. The van der Waals surface area contributed by atoms with Gasteiger partial charge in [0.2, 0.25) is 5.91 Å². The number of amides is 1. The van der Waals surface area contributed by atoms with Crippen LogP contribution in [0.5, 0.6) is 5.75 Å². The molecule has 1 saturated heterocycles. The van der Waals surface area contributed by atoms with E-state index in [0.29, 0.717) is 32.0 Å². The van der Waals surface area contributed by atoms with Crippen molar-refractivity contribution in [2.24, 2.45) is 4.99 Å². The maximum Gasteiger partial charge on any atom is 0.222 e. The molecule has 7 heteroatoms. The number of halogens is 1. The number of hydrogen-bond donors (Lipinski definition) is 2. The van der Waals surface area contributed by atoms with Crippen LogP contribution in [0.4, 0.5) is 4.39 Å². The van der Waals surface area contributed by atoms with E-state index in [0.717, 1.165) is 30.6 Å². The van der Waals surface area contributed by atoms with Crippen molar-refractivity contribution in [2.75, 3.05) is 19.6 Å². The number of guanidine groups is 1. The third-order valence-corrected chi connectivity index (χ3v) is 5.12. The molecule has 6 nitrogen and oxygen atoms in total. The molecule has 2 aromatic rings. The summed E-state index contributed by atoms with van der Waals surface area (Å²) in [5.41, 5.74) is 2.21. The quantitative estimate of drug-likeness (QED) is 0.476. The van der Waals surface area contributed by atoms with Gasteiger partial charge in [-0.25, -0.2) is 9.38 Å². The van der Waals surface area contributed by atoms with Crippen LogP contribution in [-0.4, -0.2) is 42.5 Å². The number of benzene rings is 2. The van der Waals surface area contributed by atoms with Crippen LogP contribution in [0.25, 0.3) is 0 Å². The first kappa shape index (κ1) is 22.6. The smallest absolute Gasteiger partial charge is 0.222 e. The normalized spacial score (nSPS) is 15.1. The van der Waals surface area contributed by atoms with Gasteiger partial charge in [0.1, 0.15) is 6.10 Å². The van der Waals surface area contributed by atoms with Gasteiger partial charge in [-0.3, -0.25) is 4.79 Å². The molecule has 2 N–H and O–H groups in total. The van der Waals surface area contributed by atoms with Crippen molar-refractivity contribution < 1.29 is 13.9 Å². The topological polar surface area (TPSA) is 66.0 Å². The molecule has 1 atom stereocenters. The Morgan fingerprint density at radius 1 is 1.16 bits per heavy atom. The summed E-state index contributed by atoms with van der Waals surface area (Å²) in [6, 6.07) is 14.5. The second kappa shape index (κ2) is 11.3. The van der Waals surface area contributed by atoms with Crippen LogP contribution in [0.1, 0.15) is 37.8 Å². The summed E-state index contributed by atoms with van der Waals surface area (Å²) in [6.07, 6.45) is 1.33. The predicted molar refractivity (Wildman–Crippen MR) is 120 cm³/mol. The minimum absolute atomic E-state index is 0.220. The minimum Gasteiger partial charge on any atom is -0.486 e. The van der Waals surface area contributed by atoms with E-state index in [9.17, 15) is 9.18 Å². The largest absolute Gasteiger partial charge is 0.486 e. The molecular formula is C24H31FN4O2. The van der Waals surface area contributed by atoms with Crippen LogP contribution < -0.4 is 15.4 Å². The van der Waals surface area contributed by atoms with Gasteiger partial charge in [-0.1, -0.05) is 36.4 Å². The van der Waals surface area contributed by atoms with E-state index in [-0.39, 0.29) is 23.6 Å². The number of aliphatic imine (C=N–C) groups is 1. The van der Waals surface area contributed by atoms with E-state index in [1.54, 1.807) is 18.2 Å². The van der Waals surface area contributed by atoms with E-state index in [1.807, 2.05) is 36.9 Å². The van der Waals surface area contributed by atoms with Crippen molar-refractivity contribution in [1.82, 2.24) is 15.5 Å². The molecule has 0 spiro atoms. The van der Waals surface area contributed by atoms with Gasteiger partial charge in [-0.2, -0.15) is 0 Å². The number of likely N-dealkylation sites (tertiary alicyclic amines) is 1. The lowest BCUT2D eigenvalue weighted by Gasteiger charge is -2.19. The lowest BCUT2D eigenvalue weighted by molar-refractivity contribution is -0.128. The zero-order chi connectivity index (χ0) is 22.1. The molecule has 3 rings (SSSR count). The molecule has 1 aliphatic heterocycles. The van der Waals surface area contributed by atoms with Gasteiger partial charge in [0, 0.05) is 26.1 Å². The SMILES string of the molecule is CCNC(=NCc1ccccc1CN1CCCC1=O)NCC(C)Oc1ccccc1F. The molecule has 1 amide bonds. The number of carbonyl (C=O) groups is 1. The van der Waals surface area contributed by atoms with Crippen molar-refractivity contribution >= 4 is 11.9 Å². The van der Waals surface area contributed by atoms with E-state index in [1.165, 1.54) is 6.07 Å². The van der Waals surface area contributed by atoms with Crippen LogP contribution in [0.15, 0.2) is 53.5 Å². The lowest BCUT2D eigenvalue weighted by atomic mass is 10.1. The number of rotatable bonds is 9. The van der Waals surface area contributed by atoms with E-state index in [2.05, 4.69) is 16.7 Å². The van der Waals surface area contributed by atoms with Crippen LogP contribution in [0, 0.1) is 5.82 Å². The highest BCUT2D eigenvalue weighted by molar-refractivity contribution is 5.80. The fraction of sp³-hybridized carbons (Fsp3) is 0.417. The fourth-order valence-corrected chi connectivity index (χ4v) is 3.49. The summed E-state index contributed by atoms with van der Waals surface area (Å²) in [5.74, 6) is 0.753. The maximum absolute atomic E-state index is 13.8. The van der Waals surface area contributed by atoms with Crippen molar-refractivity contribution in [2.45, 2.75) is 45.9 Å². The highest BCUT2D eigenvalue weighted by Gasteiger charge is 2.20. The zero-order valence-corrected chi connectivity index (χ0v) is 18.2. The van der Waals surface area contributed by atoms with Gasteiger partial charge >= 0.3 is 0 Å². The Bertz CT molecular complexity index is 903. The fourth-order valence-electron chi connectivity index (χ4n) is 3.49. The monoisotopic (exact) mass is 426 g/mol. The highest BCUT2D eigenvalue weighted by Crippen LogP contribution is 2.18. The summed E-state index contributed by atoms with van der Waals surface area (Å²) in [5, 5.41) is 6.48. The molecule has 0 radical (unpaired) electrons. The number of nitrogens with one attached hydrogen (secondary N) is 2. The molecule has 0 aromatic heterocycles. The summed E-state index contributed by atoms with van der Waals surface area (Å²) in [7, 11) is 0. The summed E-state index contributed by atoms with van der Waals surface area (Å²) in [6.45, 7) is 7.02. The van der Waals surface area contributed by atoms with E-state index in [4.69, 9.17) is 9.73 Å². The molecular weight excluding hydrogens is 395 g/mol. The first-order valence-electron chi connectivity index (χ1n) is 10.8. The van der Waals surface area contributed by atoms with Gasteiger partial charge < -0.3 is 20.3 Å². The molecule has 1 heterocycles. The standard InChI is InChI=1S/C24H31FN4O2/c1-3-26-24(27-15-18(2)31-22-12-7-6-11-21(22)25)28-16-19-9-4-5-10-20(19)17-29-14-8-13-23(29)30/h4-7,9-12,18H,3,8,13-17H2,1-2H3,(H2,26,27,28). The number of hydrogen-bond acceptors (Lipinski definition) is 3. The second-order valence-electron chi connectivity index (χ2n) is 7.62. The molecule has 31 heavy (non-hydrogen) atoms. The Labute approximate surface area is 183 Å². The minimum atomic E-state index is -0.372. The van der Waals surface area contributed by atoms with Crippen molar-refractivity contribution in [1.29, 1.82) is 0 Å². The first-order valence-corrected chi connectivity index (χ1v) is 10.8. The number of nitrogens with zero attached hydrogens (tertiary/aromatic N) is 2. The first-order chi connectivity index (χ1) is 15.1. The average Bonchev–Trinajstić information content (AvgIpc) is 3.17. The Morgan fingerprint density at radius 2 is 1.90 bits per heavy atom. The van der Waals surface area contributed by atoms with Crippen molar-refractivity contribution in [3.05, 3.63) is 65.5 Å². The van der Waals surface area contributed by atoms with Gasteiger partial charge in [0.25, 0.3) is 0 Å². The van der Waals surface area contributed by atoms with E-state index >= 15 is 0 Å². The highest BCUT2D eigenvalue weighted by atomic mass is 19.1. The van der Waals surface area contributed by atoms with Crippen molar-refractivity contribution in [3.63, 3.8) is 0 Å². The maximum atomic E-state index is 13.8. The summed E-state index contributed by atoms with van der Waals surface area (Å²) in [4.78, 5) is 18.6. The van der Waals surface area contributed by atoms with Crippen LogP contribution in [0.2, 0.25) is 0 Å². The lowest BCUT2D eigenvalue weighted by Crippen LogP contribution is -2.41. The predicted octanol–water partition coefficient (Wildman–Crippen LogP) is 3.47. The van der Waals surface area contributed by atoms with Crippen LogP contribution >= 0.6 is 0 Å². The molecule has 2 aromatic carbocycles. The molecule has 0 saturated carbocycles. The number of carbonyl (C=O) groups excluding carboxylic acids is 1. The van der Waals surface area contributed by atoms with E-state index < -0.39 is 0 Å². The molecule has 0 bridgehead atoms. The van der Waals surface area contributed by atoms with Crippen LogP contribution in [-0.2, 0) is 17.9 Å². The zero-order valence-electron chi connectivity index (χ0n) is 18.2. The average molecular weight is 427 g/mol. The summed E-state index contributed by atoms with van der Waals surface area (Å²) < 4.78 is 19.5. The molecule has 0 aliphatic carbocycles. The van der Waals surface area contributed by atoms with Gasteiger partial charge in [0.05, 0.1) is 13.1 Å².